The van der Waals surface area contributed by atoms with Gasteiger partial charge in [-0.2, -0.15) is 0 Å². The van der Waals surface area contributed by atoms with Crippen LogP contribution in [-0.2, 0) is 16.1 Å². The molecule has 1 aromatic heterocycles. The second kappa shape index (κ2) is 8.07. The Kier molecular flexibility index (Phi) is 5.60. The lowest BCUT2D eigenvalue weighted by atomic mass is 9.96. The van der Waals surface area contributed by atoms with Crippen LogP contribution in [0.25, 0.3) is 10.9 Å². The van der Waals surface area contributed by atoms with Crippen LogP contribution in [0, 0.1) is 5.92 Å². The number of likely N-dealkylation sites (tertiary alicyclic amines) is 1. The third-order valence-electron chi connectivity index (χ3n) is 4.68. The Balaban J connectivity index is 1.61. The fourth-order valence-corrected chi connectivity index (χ4v) is 3.14. The van der Waals surface area contributed by atoms with Crippen LogP contribution in [0.15, 0.2) is 29.1 Å². The largest absolute Gasteiger partial charge is 0.356 e. The van der Waals surface area contributed by atoms with Crippen LogP contribution in [0.4, 0.5) is 0 Å². The molecule has 1 aliphatic heterocycles. The summed E-state index contributed by atoms with van der Waals surface area (Å²) >= 11 is 0. The Labute approximate surface area is 151 Å². The number of piperidine rings is 1. The van der Waals surface area contributed by atoms with E-state index >= 15 is 0 Å². The summed E-state index contributed by atoms with van der Waals surface area (Å²) < 4.78 is 1.10. The highest BCUT2D eigenvalue weighted by molar-refractivity contribution is 5.80. The molecule has 2 aromatic rings. The molecule has 8 nitrogen and oxygen atoms in total. The maximum atomic E-state index is 12.5. The minimum absolute atomic E-state index is 0.0474. The Bertz CT molecular complexity index is 855. The molecule has 1 aliphatic rings. The summed E-state index contributed by atoms with van der Waals surface area (Å²) in [6.07, 6.45) is 2.18. The molecule has 3 rings (SSSR count). The number of carbonyl (C=O) groups is 2. The first-order valence-corrected chi connectivity index (χ1v) is 8.98. The maximum Gasteiger partial charge on any atom is 0.278 e. The topological polar surface area (TPSA) is 97.2 Å². The van der Waals surface area contributed by atoms with Gasteiger partial charge >= 0.3 is 0 Å². The molecular formula is C18H23N5O3. The van der Waals surface area contributed by atoms with Crippen molar-refractivity contribution in [1.82, 2.24) is 25.2 Å². The molecule has 2 amide bonds. The highest BCUT2D eigenvalue weighted by atomic mass is 16.2. The second-order valence-electron chi connectivity index (χ2n) is 6.52. The van der Waals surface area contributed by atoms with E-state index in [0.29, 0.717) is 43.4 Å². The fraction of sp³-hybridized carbons (Fsp3) is 0.500. The molecule has 0 bridgehead atoms. The Morgan fingerprint density at radius 1 is 1.23 bits per heavy atom. The number of hydrogen-bond acceptors (Lipinski definition) is 5. The number of rotatable bonds is 5. The van der Waals surface area contributed by atoms with Gasteiger partial charge in [0.1, 0.15) is 12.1 Å². The van der Waals surface area contributed by atoms with Crippen molar-refractivity contribution in [2.45, 2.75) is 32.7 Å². The summed E-state index contributed by atoms with van der Waals surface area (Å²) in [5.41, 5.74) is 0.192. The average Bonchev–Trinajstić information content (AvgIpc) is 2.68. The van der Waals surface area contributed by atoms with Crippen molar-refractivity contribution >= 4 is 22.7 Å². The molecule has 1 aromatic carbocycles. The van der Waals surface area contributed by atoms with Crippen molar-refractivity contribution < 1.29 is 9.59 Å². The van der Waals surface area contributed by atoms with E-state index in [1.54, 1.807) is 29.2 Å². The zero-order chi connectivity index (χ0) is 18.5. The van der Waals surface area contributed by atoms with Gasteiger partial charge < -0.3 is 10.2 Å². The molecule has 1 N–H and O–H groups in total. The Hall–Kier alpha value is -2.77. The summed E-state index contributed by atoms with van der Waals surface area (Å²) in [5, 5.41) is 11.2. The number of benzene rings is 1. The molecule has 26 heavy (non-hydrogen) atoms. The van der Waals surface area contributed by atoms with E-state index in [-0.39, 0.29) is 29.8 Å². The molecule has 2 heterocycles. The predicted octanol–water partition coefficient (Wildman–Crippen LogP) is 0.556. The van der Waals surface area contributed by atoms with Gasteiger partial charge in [0.2, 0.25) is 11.8 Å². The lowest BCUT2D eigenvalue weighted by Crippen LogP contribution is -2.45. The number of nitrogens with one attached hydrogen (secondary N) is 1. The standard InChI is InChI=1S/C18H23N5O3/c1-2-9-19-17(25)13-7-10-22(11-8-13)16(24)12-23-18(26)14-5-3-4-6-15(14)20-21-23/h3-6,13H,2,7-12H2,1H3,(H,19,25). The molecule has 1 fully saturated rings. The van der Waals surface area contributed by atoms with E-state index in [1.807, 2.05) is 6.92 Å². The van der Waals surface area contributed by atoms with E-state index in [9.17, 15) is 14.4 Å². The molecule has 138 valence electrons. The first kappa shape index (κ1) is 18.0. The third kappa shape index (κ3) is 3.89. The molecular weight excluding hydrogens is 334 g/mol. The van der Waals surface area contributed by atoms with Crippen molar-refractivity contribution in [1.29, 1.82) is 0 Å². The van der Waals surface area contributed by atoms with Crippen molar-refractivity contribution in [2.75, 3.05) is 19.6 Å². The molecule has 0 unspecified atom stereocenters. The zero-order valence-corrected chi connectivity index (χ0v) is 14.9. The van der Waals surface area contributed by atoms with E-state index in [0.717, 1.165) is 11.1 Å². The van der Waals surface area contributed by atoms with Crippen LogP contribution in [0.1, 0.15) is 26.2 Å². The number of carbonyl (C=O) groups excluding carboxylic acids is 2. The van der Waals surface area contributed by atoms with Crippen molar-refractivity contribution in [3.63, 3.8) is 0 Å². The zero-order valence-electron chi connectivity index (χ0n) is 14.9. The molecule has 0 aliphatic carbocycles. The quantitative estimate of drug-likeness (QED) is 0.843. The van der Waals surface area contributed by atoms with Crippen LogP contribution in [0.3, 0.4) is 0 Å². The van der Waals surface area contributed by atoms with Gasteiger partial charge in [0.25, 0.3) is 5.56 Å². The summed E-state index contributed by atoms with van der Waals surface area (Å²) in [4.78, 5) is 38.6. The fourth-order valence-electron chi connectivity index (χ4n) is 3.14. The van der Waals surface area contributed by atoms with Crippen LogP contribution >= 0.6 is 0 Å². The van der Waals surface area contributed by atoms with E-state index < -0.39 is 0 Å². The highest BCUT2D eigenvalue weighted by Crippen LogP contribution is 2.17. The summed E-state index contributed by atoms with van der Waals surface area (Å²) in [7, 11) is 0. The number of nitrogens with zero attached hydrogens (tertiary/aromatic N) is 4. The second-order valence-corrected chi connectivity index (χ2v) is 6.52. The van der Waals surface area contributed by atoms with Gasteiger partial charge in [-0.15, -0.1) is 5.10 Å². The number of fused-ring (bicyclic) bond motifs is 1. The monoisotopic (exact) mass is 357 g/mol. The van der Waals surface area contributed by atoms with Crippen LogP contribution in [-0.4, -0.2) is 51.3 Å². The molecule has 0 atom stereocenters. The first-order valence-electron chi connectivity index (χ1n) is 8.98. The lowest BCUT2D eigenvalue weighted by molar-refractivity contribution is -0.136. The molecule has 0 spiro atoms. The van der Waals surface area contributed by atoms with Crippen LogP contribution in [0.5, 0.6) is 0 Å². The SMILES string of the molecule is CCCNC(=O)C1CCN(C(=O)Cn2nnc3ccccc3c2=O)CC1. The van der Waals surface area contributed by atoms with E-state index in [1.165, 1.54) is 0 Å². The third-order valence-corrected chi connectivity index (χ3v) is 4.68. The first-order chi connectivity index (χ1) is 12.6. The smallest absolute Gasteiger partial charge is 0.278 e. The highest BCUT2D eigenvalue weighted by Gasteiger charge is 2.27. The van der Waals surface area contributed by atoms with E-state index in [4.69, 9.17) is 0 Å². The van der Waals surface area contributed by atoms with Crippen molar-refractivity contribution in [2.24, 2.45) is 5.92 Å². The van der Waals surface area contributed by atoms with Crippen molar-refractivity contribution in [3.05, 3.63) is 34.6 Å². The van der Waals surface area contributed by atoms with Gasteiger partial charge in [-0.05, 0) is 31.4 Å². The summed E-state index contributed by atoms with van der Waals surface area (Å²) in [6, 6.07) is 6.93. The Morgan fingerprint density at radius 2 is 1.96 bits per heavy atom. The molecule has 0 saturated carbocycles. The van der Waals surface area contributed by atoms with E-state index in [2.05, 4.69) is 15.6 Å². The lowest BCUT2D eigenvalue weighted by Gasteiger charge is -2.31. The van der Waals surface area contributed by atoms with Gasteiger partial charge in [0.05, 0.1) is 5.39 Å². The average molecular weight is 357 g/mol. The molecule has 8 heteroatoms. The summed E-state index contributed by atoms with van der Waals surface area (Å²) in [5.74, 6) is -0.159. The minimum Gasteiger partial charge on any atom is -0.356 e. The van der Waals surface area contributed by atoms with Crippen molar-refractivity contribution in [3.8, 4) is 0 Å². The van der Waals surface area contributed by atoms with Gasteiger partial charge in [0, 0.05) is 25.6 Å². The molecule has 1 saturated heterocycles. The maximum absolute atomic E-state index is 12.5. The minimum atomic E-state index is -0.322. The van der Waals surface area contributed by atoms with Crippen LogP contribution < -0.4 is 10.9 Å². The van der Waals surface area contributed by atoms with Crippen LogP contribution in [0.2, 0.25) is 0 Å². The summed E-state index contributed by atoms with van der Waals surface area (Å²) in [6.45, 7) is 3.58. The number of aromatic nitrogens is 3. The van der Waals surface area contributed by atoms with Gasteiger partial charge in [-0.25, -0.2) is 4.68 Å². The normalized spacial score (nSPS) is 15.2. The molecule has 0 radical (unpaired) electrons. The van der Waals surface area contributed by atoms with Gasteiger partial charge in [-0.3, -0.25) is 14.4 Å². The van der Waals surface area contributed by atoms with Gasteiger partial charge in [-0.1, -0.05) is 24.3 Å². The number of hydrogen-bond donors (Lipinski definition) is 1. The number of amides is 2. The van der Waals surface area contributed by atoms with Gasteiger partial charge in [0.15, 0.2) is 0 Å². The predicted molar refractivity (Wildman–Crippen MR) is 96.4 cm³/mol. The Morgan fingerprint density at radius 3 is 2.69 bits per heavy atom.